The number of aromatic nitrogens is 1. The molecule has 0 bridgehead atoms. The van der Waals surface area contributed by atoms with Gasteiger partial charge in [-0.1, -0.05) is 19.8 Å². The average molecular weight is 368 g/mol. The van der Waals surface area contributed by atoms with Gasteiger partial charge in [0.2, 0.25) is 10.0 Å². The Morgan fingerprint density at radius 1 is 1.28 bits per heavy atom. The summed E-state index contributed by atoms with van der Waals surface area (Å²) < 4.78 is 26.8. The van der Waals surface area contributed by atoms with E-state index in [4.69, 9.17) is 0 Å². The van der Waals surface area contributed by atoms with Crippen LogP contribution in [-0.4, -0.2) is 46.0 Å². The van der Waals surface area contributed by atoms with Crippen molar-refractivity contribution in [2.75, 3.05) is 26.7 Å². The van der Waals surface area contributed by atoms with E-state index in [-0.39, 0.29) is 11.4 Å². The lowest BCUT2D eigenvalue weighted by Crippen LogP contribution is -2.45. The average Bonchev–Trinajstić information content (AvgIpc) is 3.11. The van der Waals surface area contributed by atoms with E-state index in [0.29, 0.717) is 17.9 Å². The minimum absolute atomic E-state index is 0.170. The van der Waals surface area contributed by atoms with E-state index in [1.807, 2.05) is 0 Å². The Bertz CT molecular complexity index is 655. The summed E-state index contributed by atoms with van der Waals surface area (Å²) in [7, 11) is -1.79. The van der Waals surface area contributed by atoms with Crippen molar-refractivity contribution in [1.82, 2.24) is 20.3 Å². The first-order valence-corrected chi connectivity index (χ1v) is 10.3. The van der Waals surface area contributed by atoms with Gasteiger partial charge in [0.1, 0.15) is 4.90 Å². The van der Waals surface area contributed by atoms with Gasteiger partial charge in [0.15, 0.2) is 5.96 Å². The zero-order valence-electron chi connectivity index (χ0n) is 15.1. The maximum atomic E-state index is 12.1. The monoisotopic (exact) mass is 367 g/mol. The zero-order chi connectivity index (χ0) is 18.2. The van der Waals surface area contributed by atoms with Crippen molar-refractivity contribution in [3.05, 3.63) is 24.5 Å². The normalized spacial score (nSPS) is 17.4. The zero-order valence-corrected chi connectivity index (χ0v) is 15.9. The van der Waals surface area contributed by atoms with Gasteiger partial charge >= 0.3 is 0 Å². The molecule has 1 aliphatic rings. The van der Waals surface area contributed by atoms with Crippen molar-refractivity contribution in [2.24, 2.45) is 10.4 Å². The molecule has 0 unspecified atom stereocenters. The summed E-state index contributed by atoms with van der Waals surface area (Å²) in [5, 5.41) is 6.54. The van der Waals surface area contributed by atoms with E-state index in [0.717, 1.165) is 6.54 Å². The highest BCUT2D eigenvalue weighted by molar-refractivity contribution is 7.89. The highest BCUT2D eigenvalue weighted by Gasteiger charge is 2.31. The standard InChI is InChI=1S/C17H29N5O2S/c1-3-17(8-4-5-9-17)14-21-16(18-2)20-11-12-22-25(23,24)15-7-6-10-19-13-15/h6-7,10,13,22H,3-5,8-9,11-12,14H2,1-2H3,(H2,18,20,21). The second-order valence-corrected chi connectivity index (χ2v) is 8.27. The third-order valence-electron chi connectivity index (χ3n) is 4.92. The van der Waals surface area contributed by atoms with Crippen LogP contribution < -0.4 is 15.4 Å². The molecule has 2 rings (SSSR count). The molecule has 3 N–H and O–H groups in total. The Morgan fingerprint density at radius 3 is 2.64 bits per heavy atom. The summed E-state index contributed by atoms with van der Waals surface area (Å²) in [6.07, 6.45) is 9.18. The quantitative estimate of drug-likeness (QED) is 0.368. The van der Waals surface area contributed by atoms with Gasteiger partial charge in [-0.25, -0.2) is 13.1 Å². The van der Waals surface area contributed by atoms with Gasteiger partial charge in [-0.05, 0) is 36.8 Å². The number of hydrogen-bond donors (Lipinski definition) is 3. The van der Waals surface area contributed by atoms with Gasteiger partial charge in [-0.2, -0.15) is 0 Å². The molecule has 8 heteroatoms. The van der Waals surface area contributed by atoms with E-state index in [2.05, 4.69) is 32.3 Å². The largest absolute Gasteiger partial charge is 0.356 e. The maximum absolute atomic E-state index is 12.1. The summed E-state index contributed by atoms with van der Waals surface area (Å²) in [4.78, 5) is 8.22. The van der Waals surface area contributed by atoms with Crippen LogP contribution in [0.3, 0.4) is 0 Å². The fourth-order valence-electron chi connectivity index (χ4n) is 3.23. The molecule has 1 saturated carbocycles. The number of nitrogens with zero attached hydrogens (tertiary/aromatic N) is 2. The molecular weight excluding hydrogens is 338 g/mol. The first kappa shape index (κ1) is 19.7. The molecule has 0 amide bonds. The summed E-state index contributed by atoms with van der Waals surface area (Å²) in [6.45, 7) is 3.89. The van der Waals surface area contributed by atoms with Gasteiger partial charge in [0.25, 0.3) is 0 Å². The molecule has 1 heterocycles. The van der Waals surface area contributed by atoms with Crippen molar-refractivity contribution < 1.29 is 8.42 Å². The number of aliphatic imine (C=N–C) groups is 1. The van der Waals surface area contributed by atoms with Crippen molar-refractivity contribution >= 4 is 16.0 Å². The predicted octanol–water partition coefficient (Wildman–Crippen LogP) is 1.50. The SMILES string of the molecule is CCC1(CNC(=NC)NCCNS(=O)(=O)c2cccnc2)CCCC1. The van der Waals surface area contributed by atoms with Gasteiger partial charge in [-0.3, -0.25) is 9.98 Å². The molecule has 1 fully saturated rings. The third-order valence-corrected chi connectivity index (χ3v) is 6.37. The van der Waals surface area contributed by atoms with Crippen molar-refractivity contribution in [1.29, 1.82) is 0 Å². The van der Waals surface area contributed by atoms with Gasteiger partial charge < -0.3 is 10.6 Å². The molecule has 0 spiro atoms. The van der Waals surface area contributed by atoms with Crippen LogP contribution in [0, 0.1) is 5.41 Å². The summed E-state index contributed by atoms with van der Waals surface area (Å²) in [5.74, 6) is 0.709. The molecule has 1 aliphatic carbocycles. The van der Waals surface area contributed by atoms with Crippen LogP contribution in [0.5, 0.6) is 0 Å². The highest BCUT2D eigenvalue weighted by Crippen LogP contribution is 2.40. The second kappa shape index (κ2) is 9.15. The molecule has 140 valence electrons. The molecule has 1 aromatic heterocycles. The number of rotatable bonds is 8. The van der Waals surface area contributed by atoms with E-state index in [1.165, 1.54) is 44.4 Å². The van der Waals surface area contributed by atoms with Crippen LogP contribution in [0.25, 0.3) is 0 Å². The molecule has 7 nitrogen and oxygen atoms in total. The topological polar surface area (TPSA) is 95.5 Å². The number of pyridine rings is 1. The lowest BCUT2D eigenvalue weighted by molar-refractivity contribution is 0.283. The smallest absolute Gasteiger partial charge is 0.242 e. The van der Waals surface area contributed by atoms with Gasteiger partial charge in [-0.15, -0.1) is 0 Å². The number of guanidine groups is 1. The van der Waals surface area contributed by atoms with Crippen LogP contribution in [0.15, 0.2) is 34.4 Å². The Balaban J connectivity index is 1.74. The summed E-state index contributed by atoms with van der Waals surface area (Å²) in [5.41, 5.74) is 0.375. The summed E-state index contributed by atoms with van der Waals surface area (Å²) in [6, 6.07) is 3.13. The highest BCUT2D eigenvalue weighted by atomic mass is 32.2. The Kier molecular flexibility index (Phi) is 7.19. The molecule has 0 aromatic carbocycles. The lowest BCUT2D eigenvalue weighted by atomic mass is 9.83. The lowest BCUT2D eigenvalue weighted by Gasteiger charge is -2.28. The van der Waals surface area contributed by atoms with Crippen LogP contribution in [0.4, 0.5) is 0 Å². The minimum atomic E-state index is -3.52. The predicted molar refractivity (Wildman–Crippen MR) is 100.0 cm³/mol. The molecule has 0 aliphatic heterocycles. The Morgan fingerprint density at radius 2 is 2.04 bits per heavy atom. The molecule has 0 atom stereocenters. The summed E-state index contributed by atoms with van der Waals surface area (Å²) >= 11 is 0. The fourth-order valence-corrected chi connectivity index (χ4v) is 4.22. The minimum Gasteiger partial charge on any atom is -0.356 e. The van der Waals surface area contributed by atoms with E-state index >= 15 is 0 Å². The van der Waals surface area contributed by atoms with Gasteiger partial charge in [0, 0.05) is 39.1 Å². The molecule has 0 saturated heterocycles. The number of nitrogens with one attached hydrogen (secondary N) is 3. The molecule has 1 aromatic rings. The second-order valence-electron chi connectivity index (χ2n) is 6.50. The van der Waals surface area contributed by atoms with Crippen molar-refractivity contribution in [3.8, 4) is 0 Å². The van der Waals surface area contributed by atoms with Crippen molar-refractivity contribution in [2.45, 2.75) is 43.9 Å². The van der Waals surface area contributed by atoms with Gasteiger partial charge in [0.05, 0.1) is 0 Å². The first-order chi connectivity index (χ1) is 12.0. The van der Waals surface area contributed by atoms with Crippen molar-refractivity contribution in [3.63, 3.8) is 0 Å². The third kappa shape index (κ3) is 5.67. The van der Waals surface area contributed by atoms with Crippen LogP contribution in [-0.2, 0) is 10.0 Å². The van der Waals surface area contributed by atoms with E-state index in [1.54, 1.807) is 19.3 Å². The first-order valence-electron chi connectivity index (χ1n) is 8.85. The molecule has 0 radical (unpaired) electrons. The molecular formula is C17H29N5O2S. The van der Waals surface area contributed by atoms with Crippen LogP contribution in [0.2, 0.25) is 0 Å². The number of sulfonamides is 1. The Hall–Kier alpha value is -1.67. The molecule has 25 heavy (non-hydrogen) atoms. The van der Waals surface area contributed by atoms with Crippen LogP contribution >= 0.6 is 0 Å². The maximum Gasteiger partial charge on any atom is 0.242 e. The Labute approximate surface area is 150 Å². The van der Waals surface area contributed by atoms with Crippen LogP contribution in [0.1, 0.15) is 39.0 Å². The number of hydrogen-bond acceptors (Lipinski definition) is 4. The fraction of sp³-hybridized carbons (Fsp3) is 0.647. The van der Waals surface area contributed by atoms with E-state index < -0.39 is 10.0 Å². The van der Waals surface area contributed by atoms with E-state index in [9.17, 15) is 8.42 Å².